The number of ether oxygens (including phenoxy) is 2. The Labute approximate surface area is 172 Å². The van der Waals surface area contributed by atoms with E-state index in [1.54, 1.807) is 17.1 Å². The van der Waals surface area contributed by atoms with Crippen molar-refractivity contribution in [2.45, 2.75) is 31.7 Å². The molecule has 170 valence electrons. The Morgan fingerprint density at radius 3 is 2.43 bits per heavy atom. The van der Waals surface area contributed by atoms with Gasteiger partial charge in [-0.3, -0.25) is 9.69 Å². The Balaban J connectivity index is 0.000000396. The lowest BCUT2D eigenvalue weighted by atomic mass is 10.0. The number of carboxylic acids is 1. The molecule has 1 spiro atoms. The van der Waals surface area contributed by atoms with E-state index in [4.69, 9.17) is 19.4 Å². The minimum atomic E-state index is -5.08. The zero-order chi connectivity index (χ0) is 22.5. The summed E-state index contributed by atoms with van der Waals surface area (Å²) in [4.78, 5) is 30.0. The molecule has 0 aliphatic carbocycles. The van der Waals surface area contributed by atoms with E-state index in [0.29, 0.717) is 44.6 Å². The third kappa shape index (κ3) is 6.41. The number of imidazole rings is 1. The Morgan fingerprint density at radius 2 is 1.90 bits per heavy atom. The highest BCUT2D eigenvalue weighted by Crippen LogP contribution is 2.24. The number of hydrogen-bond donors (Lipinski definition) is 1. The lowest BCUT2D eigenvalue weighted by Crippen LogP contribution is -2.60. The van der Waals surface area contributed by atoms with Crippen molar-refractivity contribution in [3.8, 4) is 0 Å². The van der Waals surface area contributed by atoms with E-state index in [2.05, 4.69) is 23.7 Å². The van der Waals surface area contributed by atoms with E-state index in [9.17, 15) is 18.0 Å². The highest BCUT2D eigenvalue weighted by atomic mass is 19.4. The van der Waals surface area contributed by atoms with E-state index in [1.807, 2.05) is 11.9 Å². The highest BCUT2D eigenvalue weighted by Gasteiger charge is 2.42. The Bertz CT molecular complexity index is 740. The molecule has 0 aromatic carbocycles. The normalized spacial score (nSPS) is 23.1. The Hall–Kier alpha value is -2.18. The standard InChI is InChI=1S/C16H26N4O3.C2HF3O2/c1-13(2)19-4-6-22-11-16(9-19)10-20(5-7-23-16)15(21)14-8-18(3)12-17-14;3-2(4,5)1(6)7/h8,12-13H,4-7,9-11H2,1-3H3;(H,6,7). The Kier molecular flexibility index (Phi) is 7.83. The number of halogens is 3. The summed E-state index contributed by atoms with van der Waals surface area (Å²) in [5, 5.41) is 7.12. The van der Waals surface area contributed by atoms with Crippen molar-refractivity contribution < 1.29 is 37.3 Å². The first-order chi connectivity index (χ1) is 13.9. The maximum Gasteiger partial charge on any atom is 0.490 e. The fraction of sp³-hybridized carbons (Fsp3) is 0.722. The van der Waals surface area contributed by atoms with Crippen LogP contribution >= 0.6 is 0 Å². The summed E-state index contributed by atoms with van der Waals surface area (Å²) in [5.74, 6) is -2.79. The van der Waals surface area contributed by atoms with Crippen LogP contribution in [0.15, 0.2) is 12.5 Å². The second-order valence-corrected chi connectivity index (χ2v) is 7.60. The summed E-state index contributed by atoms with van der Waals surface area (Å²) in [7, 11) is 1.87. The van der Waals surface area contributed by atoms with Crippen molar-refractivity contribution in [2.24, 2.45) is 7.05 Å². The fourth-order valence-corrected chi connectivity index (χ4v) is 3.26. The van der Waals surface area contributed by atoms with Gasteiger partial charge < -0.3 is 24.0 Å². The lowest BCUT2D eigenvalue weighted by molar-refractivity contribution is -0.192. The molecule has 1 aromatic rings. The van der Waals surface area contributed by atoms with Crippen molar-refractivity contribution >= 4 is 11.9 Å². The van der Waals surface area contributed by atoms with Gasteiger partial charge in [-0.1, -0.05) is 0 Å². The van der Waals surface area contributed by atoms with E-state index < -0.39 is 17.7 Å². The van der Waals surface area contributed by atoms with Crippen LogP contribution in [0.25, 0.3) is 0 Å². The van der Waals surface area contributed by atoms with Gasteiger partial charge >= 0.3 is 12.1 Å². The van der Waals surface area contributed by atoms with Crippen LogP contribution in [0.5, 0.6) is 0 Å². The van der Waals surface area contributed by atoms with E-state index in [0.717, 1.165) is 13.1 Å². The second kappa shape index (κ2) is 9.75. The second-order valence-electron chi connectivity index (χ2n) is 7.60. The predicted molar refractivity (Wildman–Crippen MR) is 99.0 cm³/mol. The van der Waals surface area contributed by atoms with Crippen molar-refractivity contribution in [3.63, 3.8) is 0 Å². The molecule has 2 aliphatic heterocycles. The third-order valence-electron chi connectivity index (χ3n) is 4.81. The molecule has 30 heavy (non-hydrogen) atoms. The van der Waals surface area contributed by atoms with Gasteiger partial charge in [-0.25, -0.2) is 9.78 Å². The van der Waals surface area contributed by atoms with Crippen molar-refractivity contribution in [3.05, 3.63) is 18.2 Å². The summed E-state index contributed by atoms with van der Waals surface area (Å²) in [6.07, 6.45) is -1.67. The van der Waals surface area contributed by atoms with Crippen LogP contribution in [-0.2, 0) is 21.3 Å². The summed E-state index contributed by atoms with van der Waals surface area (Å²) in [6.45, 7) is 8.96. The summed E-state index contributed by atoms with van der Waals surface area (Å²) < 4.78 is 45.4. The zero-order valence-electron chi connectivity index (χ0n) is 17.2. The number of aliphatic carboxylic acids is 1. The van der Waals surface area contributed by atoms with Crippen molar-refractivity contribution in [1.29, 1.82) is 0 Å². The van der Waals surface area contributed by atoms with Crippen LogP contribution in [-0.4, -0.2) is 100 Å². The molecule has 1 aromatic heterocycles. The van der Waals surface area contributed by atoms with Gasteiger partial charge in [0.2, 0.25) is 0 Å². The summed E-state index contributed by atoms with van der Waals surface area (Å²) in [6, 6.07) is 0.430. The van der Waals surface area contributed by atoms with Gasteiger partial charge in [0, 0.05) is 38.9 Å². The van der Waals surface area contributed by atoms with E-state index in [-0.39, 0.29) is 5.91 Å². The molecule has 2 fully saturated rings. The molecule has 1 unspecified atom stereocenters. The number of alkyl halides is 3. The fourth-order valence-electron chi connectivity index (χ4n) is 3.26. The number of aromatic nitrogens is 2. The maximum atomic E-state index is 12.7. The number of nitrogens with zero attached hydrogens (tertiary/aromatic N) is 4. The van der Waals surface area contributed by atoms with Crippen molar-refractivity contribution in [2.75, 3.05) is 46.0 Å². The highest BCUT2D eigenvalue weighted by molar-refractivity contribution is 5.92. The molecule has 0 radical (unpaired) electrons. The molecule has 3 rings (SSSR count). The average molecular weight is 436 g/mol. The number of morpholine rings is 1. The van der Waals surface area contributed by atoms with Crippen LogP contribution in [0.4, 0.5) is 13.2 Å². The lowest BCUT2D eigenvalue weighted by Gasteiger charge is -2.43. The van der Waals surface area contributed by atoms with Gasteiger partial charge in [0.1, 0.15) is 11.3 Å². The van der Waals surface area contributed by atoms with Crippen molar-refractivity contribution in [1.82, 2.24) is 19.4 Å². The first-order valence-electron chi connectivity index (χ1n) is 9.47. The number of carbonyl (C=O) groups excluding carboxylic acids is 1. The van der Waals surface area contributed by atoms with Gasteiger partial charge in [-0.15, -0.1) is 0 Å². The van der Waals surface area contributed by atoms with E-state index >= 15 is 0 Å². The third-order valence-corrected chi connectivity index (χ3v) is 4.81. The number of amides is 1. The van der Waals surface area contributed by atoms with Gasteiger partial charge in [-0.05, 0) is 13.8 Å². The predicted octanol–water partition coefficient (Wildman–Crippen LogP) is 1.01. The van der Waals surface area contributed by atoms with E-state index in [1.165, 1.54) is 0 Å². The topological polar surface area (TPSA) is 97.1 Å². The summed E-state index contributed by atoms with van der Waals surface area (Å²) in [5.41, 5.74) is 0.0449. The molecule has 1 amide bonds. The largest absolute Gasteiger partial charge is 0.490 e. The summed E-state index contributed by atoms with van der Waals surface area (Å²) >= 11 is 0. The van der Waals surface area contributed by atoms with Crippen LogP contribution < -0.4 is 0 Å². The number of carboxylic acid groups (broad SMARTS) is 1. The molecule has 1 N–H and O–H groups in total. The number of rotatable bonds is 2. The minimum Gasteiger partial charge on any atom is -0.475 e. The number of carbonyl (C=O) groups is 2. The zero-order valence-corrected chi connectivity index (χ0v) is 17.2. The van der Waals surface area contributed by atoms with Gasteiger partial charge in [0.25, 0.3) is 5.91 Å². The smallest absolute Gasteiger partial charge is 0.475 e. The molecule has 9 nitrogen and oxygen atoms in total. The van der Waals surface area contributed by atoms with Crippen LogP contribution in [0.3, 0.4) is 0 Å². The first-order valence-corrected chi connectivity index (χ1v) is 9.47. The molecular weight excluding hydrogens is 409 g/mol. The quantitative estimate of drug-likeness (QED) is 0.739. The molecule has 12 heteroatoms. The Morgan fingerprint density at radius 1 is 1.23 bits per heavy atom. The van der Waals surface area contributed by atoms with Crippen LogP contribution in [0.1, 0.15) is 24.3 Å². The first kappa shape index (κ1) is 24.1. The maximum absolute atomic E-state index is 12.7. The number of aryl methyl sites for hydroxylation is 1. The average Bonchev–Trinajstić information content (AvgIpc) is 2.99. The minimum absolute atomic E-state index is 0.0337. The molecule has 0 saturated carbocycles. The van der Waals surface area contributed by atoms with Crippen LogP contribution in [0, 0.1) is 0 Å². The molecule has 2 saturated heterocycles. The van der Waals surface area contributed by atoms with Gasteiger partial charge in [0.15, 0.2) is 0 Å². The molecular formula is C18H27F3N4O5. The molecule has 3 heterocycles. The monoisotopic (exact) mass is 436 g/mol. The SMILES string of the molecule is CC(C)N1CCOCC2(CN(C(=O)c3cn(C)cn3)CCO2)C1.O=C(O)C(F)(F)F. The molecule has 0 bridgehead atoms. The number of hydrogen-bond acceptors (Lipinski definition) is 6. The van der Waals surface area contributed by atoms with Gasteiger partial charge in [-0.2, -0.15) is 13.2 Å². The molecule has 2 aliphatic rings. The van der Waals surface area contributed by atoms with Gasteiger partial charge in [0.05, 0.1) is 32.7 Å². The van der Waals surface area contributed by atoms with Crippen LogP contribution in [0.2, 0.25) is 0 Å². The molecule has 1 atom stereocenters.